The van der Waals surface area contributed by atoms with Gasteiger partial charge in [-0.15, -0.1) is 0 Å². The van der Waals surface area contributed by atoms with Gasteiger partial charge in [-0.3, -0.25) is 4.79 Å². The molecule has 158 valence electrons. The van der Waals surface area contributed by atoms with Gasteiger partial charge in [0.05, 0.1) is 23.9 Å². The lowest BCUT2D eigenvalue weighted by molar-refractivity contribution is -0.114. The van der Waals surface area contributed by atoms with Gasteiger partial charge in [-0.1, -0.05) is 58.2 Å². The van der Waals surface area contributed by atoms with Crippen molar-refractivity contribution in [3.05, 3.63) is 58.6 Å². The van der Waals surface area contributed by atoms with Gasteiger partial charge in [0.15, 0.2) is 10.9 Å². The highest BCUT2D eigenvalue weighted by Gasteiger charge is 2.29. The lowest BCUT2D eigenvalue weighted by Crippen LogP contribution is -2.37. The normalized spacial score (nSPS) is 18.9. The van der Waals surface area contributed by atoms with Gasteiger partial charge in [0.2, 0.25) is 0 Å². The largest absolute Gasteiger partial charge is 0.387 e. The molecule has 1 fully saturated rings. The molecule has 0 saturated carbocycles. The third-order valence-electron chi connectivity index (χ3n) is 5.02. The molecule has 0 spiro atoms. The monoisotopic (exact) mass is 467 g/mol. The van der Waals surface area contributed by atoms with E-state index in [1.165, 1.54) is 0 Å². The van der Waals surface area contributed by atoms with Crippen molar-refractivity contribution in [3.8, 4) is 0 Å². The number of ether oxygens (including phenoxy) is 1. The number of nitrogens with zero attached hydrogens (tertiary/aromatic N) is 2. The van der Waals surface area contributed by atoms with Crippen LogP contribution in [0.1, 0.15) is 23.7 Å². The summed E-state index contributed by atoms with van der Waals surface area (Å²) >= 11 is 17.8. The first kappa shape index (κ1) is 21.2. The van der Waals surface area contributed by atoms with Crippen molar-refractivity contribution < 1.29 is 14.4 Å². The van der Waals surface area contributed by atoms with Crippen LogP contribution in [0, 0.1) is 0 Å². The fourth-order valence-corrected chi connectivity index (χ4v) is 3.97. The molecule has 4 rings (SSSR count). The first-order valence-electron chi connectivity index (χ1n) is 9.56. The van der Waals surface area contributed by atoms with Crippen LogP contribution in [0.5, 0.6) is 0 Å². The zero-order valence-electron chi connectivity index (χ0n) is 16.0. The Balaban J connectivity index is 1.53. The predicted molar refractivity (Wildman–Crippen MR) is 120 cm³/mol. The van der Waals surface area contributed by atoms with E-state index in [0.29, 0.717) is 30.3 Å². The highest BCUT2D eigenvalue weighted by molar-refractivity contribution is 6.54. The summed E-state index contributed by atoms with van der Waals surface area (Å²) in [4.78, 5) is 18.6. The summed E-state index contributed by atoms with van der Waals surface area (Å²) in [5.74, 6) is -0.481. The van der Waals surface area contributed by atoms with E-state index in [9.17, 15) is 4.79 Å². The number of morpholine rings is 1. The van der Waals surface area contributed by atoms with E-state index in [2.05, 4.69) is 15.4 Å². The smallest absolute Gasteiger partial charge is 0.257 e. The highest BCUT2D eigenvalue weighted by atomic mass is 35.5. The molecule has 30 heavy (non-hydrogen) atoms. The Labute approximate surface area is 189 Å². The van der Waals surface area contributed by atoms with Gasteiger partial charge >= 0.3 is 0 Å². The van der Waals surface area contributed by atoms with Gasteiger partial charge in [-0.2, -0.15) is 0 Å². The van der Waals surface area contributed by atoms with Crippen molar-refractivity contribution in [1.29, 1.82) is 0 Å². The molecule has 2 aliphatic heterocycles. The van der Waals surface area contributed by atoms with Crippen LogP contribution in [-0.4, -0.2) is 42.8 Å². The number of benzene rings is 2. The Morgan fingerprint density at radius 2 is 1.93 bits per heavy atom. The highest BCUT2D eigenvalue weighted by Crippen LogP contribution is 2.36. The van der Waals surface area contributed by atoms with E-state index in [1.807, 2.05) is 36.4 Å². The minimum Gasteiger partial charge on any atom is -0.387 e. The Kier molecular flexibility index (Phi) is 6.68. The van der Waals surface area contributed by atoms with E-state index in [1.54, 1.807) is 6.07 Å². The second kappa shape index (κ2) is 9.43. The fraction of sp³-hybridized carbons (Fsp3) is 0.333. The lowest BCUT2D eigenvalue weighted by atomic mass is 9.98. The summed E-state index contributed by atoms with van der Waals surface area (Å²) in [6.45, 7) is 2.96. The van der Waals surface area contributed by atoms with Crippen molar-refractivity contribution >= 4 is 57.8 Å². The van der Waals surface area contributed by atoms with Gasteiger partial charge in [0.25, 0.3) is 5.91 Å². The Morgan fingerprint density at radius 3 is 2.70 bits per heavy atom. The van der Waals surface area contributed by atoms with Gasteiger partial charge in [-0.05, 0) is 29.8 Å². The molecule has 0 aliphatic carbocycles. The second-order valence-electron chi connectivity index (χ2n) is 6.98. The van der Waals surface area contributed by atoms with E-state index in [4.69, 9.17) is 44.4 Å². The average Bonchev–Trinajstić information content (AvgIpc) is 3.24. The van der Waals surface area contributed by atoms with Crippen molar-refractivity contribution in [2.24, 2.45) is 5.16 Å². The van der Waals surface area contributed by atoms with Gasteiger partial charge < -0.3 is 19.8 Å². The molecule has 0 radical (unpaired) electrons. The Hall–Kier alpha value is -1.99. The number of oxime groups is 1. The predicted octanol–water partition coefficient (Wildman–Crippen LogP) is 4.78. The average molecular weight is 469 g/mol. The molecule has 2 heterocycles. The van der Waals surface area contributed by atoms with Crippen molar-refractivity contribution in [1.82, 2.24) is 0 Å². The fourth-order valence-electron chi connectivity index (χ4n) is 3.58. The van der Waals surface area contributed by atoms with Crippen molar-refractivity contribution in [2.75, 3.05) is 36.5 Å². The van der Waals surface area contributed by atoms with E-state index >= 15 is 0 Å². The van der Waals surface area contributed by atoms with E-state index in [0.717, 1.165) is 35.6 Å². The molecule has 2 aromatic rings. The molecule has 1 amide bonds. The number of rotatable bonds is 5. The van der Waals surface area contributed by atoms with E-state index in [-0.39, 0.29) is 6.10 Å². The first-order chi connectivity index (χ1) is 14.5. The number of carbonyl (C=O) groups excluding carboxylic acids is 1. The number of amides is 1. The number of anilines is 2. The summed E-state index contributed by atoms with van der Waals surface area (Å²) in [6, 6.07) is 13.2. The van der Waals surface area contributed by atoms with Crippen molar-refractivity contribution in [2.45, 2.75) is 17.4 Å². The summed E-state index contributed by atoms with van der Waals surface area (Å²) in [7, 11) is 0. The summed E-state index contributed by atoms with van der Waals surface area (Å²) < 4.78 is 5.47. The molecule has 9 heteroatoms. The van der Waals surface area contributed by atoms with Gasteiger partial charge in [0, 0.05) is 36.4 Å². The standard InChI is InChI=1S/C21H20Cl3N3O3/c22-15-5-2-6-17(27-7-9-29-10-8-27)19(15)16-12-18(30-26-16)13-3-1-4-14(11-13)25-21(28)20(23)24/h1-6,11,18,20H,7-10,12H2,(H,25,28). The van der Waals surface area contributed by atoms with Crippen LogP contribution in [0.3, 0.4) is 0 Å². The quantitative estimate of drug-likeness (QED) is 0.641. The van der Waals surface area contributed by atoms with Crippen LogP contribution >= 0.6 is 34.8 Å². The van der Waals surface area contributed by atoms with Crippen LogP contribution in [0.4, 0.5) is 11.4 Å². The summed E-state index contributed by atoms with van der Waals surface area (Å²) in [5, 5.41) is 7.65. The van der Waals surface area contributed by atoms with Crippen LogP contribution in [0.15, 0.2) is 47.6 Å². The SMILES string of the molecule is O=C(Nc1cccc(C2CC(c3c(Cl)cccc3N3CCOCC3)=NO2)c1)C(Cl)Cl. The molecule has 1 saturated heterocycles. The number of nitrogens with one attached hydrogen (secondary N) is 1. The Bertz CT molecular complexity index is 962. The van der Waals surface area contributed by atoms with Crippen LogP contribution in [-0.2, 0) is 14.4 Å². The number of hydrogen-bond donors (Lipinski definition) is 1. The van der Waals surface area contributed by atoms with Crippen molar-refractivity contribution in [3.63, 3.8) is 0 Å². The molecule has 1 N–H and O–H groups in total. The zero-order valence-corrected chi connectivity index (χ0v) is 18.3. The molecular formula is C21H20Cl3N3O3. The molecule has 1 atom stereocenters. The van der Waals surface area contributed by atoms with E-state index < -0.39 is 10.7 Å². The lowest BCUT2D eigenvalue weighted by Gasteiger charge is -2.30. The minimum atomic E-state index is -1.13. The second-order valence-corrected chi connectivity index (χ2v) is 8.49. The number of alkyl halides is 2. The van der Waals surface area contributed by atoms with Crippen LogP contribution < -0.4 is 10.2 Å². The molecule has 0 bridgehead atoms. The number of hydrogen-bond acceptors (Lipinski definition) is 5. The molecule has 1 unspecified atom stereocenters. The topological polar surface area (TPSA) is 63.2 Å². The molecule has 2 aromatic carbocycles. The maximum absolute atomic E-state index is 11.8. The number of halogens is 3. The maximum atomic E-state index is 11.8. The molecule has 0 aromatic heterocycles. The maximum Gasteiger partial charge on any atom is 0.257 e. The first-order valence-corrected chi connectivity index (χ1v) is 10.8. The summed E-state index contributed by atoms with van der Waals surface area (Å²) in [5.41, 5.74) is 4.19. The molecule has 2 aliphatic rings. The minimum absolute atomic E-state index is 0.284. The van der Waals surface area contributed by atoms with Gasteiger partial charge in [0.1, 0.15) is 0 Å². The zero-order chi connectivity index (χ0) is 21.1. The third-order valence-corrected chi connectivity index (χ3v) is 5.74. The molecular weight excluding hydrogens is 449 g/mol. The molecule has 6 nitrogen and oxygen atoms in total. The third kappa shape index (κ3) is 4.67. The van der Waals surface area contributed by atoms with Crippen LogP contribution in [0.2, 0.25) is 5.02 Å². The number of carbonyl (C=O) groups is 1. The Morgan fingerprint density at radius 1 is 1.17 bits per heavy atom. The van der Waals surface area contributed by atoms with Crippen LogP contribution in [0.25, 0.3) is 0 Å². The summed E-state index contributed by atoms with van der Waals surface area (Å²) in [6.07, 6.45) is 0.278. The van der Waals surface area contributed by atoms with Gasteiger partial charge in [-0.25, -0.2) is 0 Å².